The van der Waals surface area contributed by atoms with Crippen LogP contribution in [0.3, 0.4) is 0 Å². The monoisotopic (exact) mass is 356 g/mol. The maximum absolute atomic E-state index is 12.5. The van der Waals surface area contributed by atoms with Gasteiger partial charge in [-0.3, -0.25) is 9.59 Å². The summed E-state index contributed by atoms with van der Waals surface area (Å²) in [6.45, 7) is 4.88. The fraction of sp³-hybridized carbons (Fsp3) is 0.444. The smallest absolute Gasteiger partial charge is 0.244 e. The van der Waals surface area contributed by atoms with Crippen molar-refractivity contribution in [2.45, 2.75) is 32.2 Å². The number of nitrogens with one attached hydrogen (secondary N) is 1. The van der Waals surface area contributed by atoms with Gasteiger partial charge in [0.05, 0.1) is 16.3 Å². The molecule has 2 atom stereocenters. The normalized spacial score (nSPS) is 18.3. The standard InChI is InChI=1S/C18H20N4O2S/c1-11(2)18(24)22-8-7-12(10-22)20-16(23)13(9-19)17-21-14-5-3-4-6-15(14)25-17/h3-6,11-13H,7-8,10H2,1-2H3,(H,20,23)/t12-,13+/m1/s1. The summed E-state index contributed by atoms with van der Waals surface area (Å²) >= 11 is 1.37. The van der Waals surface area contributed by atoms with E-state index in [1.54, 1.807) is 4.90 Å². The molecule has 0 aliphatic carbocycles. The molecule has 1 aliphatic rings. The van der Waals surface area contributed by atoms with Crippen LogP contribution in [0.4, 0.5) is 0 Å². The van der Waals surface area contributed by atoms with Gasteiger partial charge < -0.3 is 10.2 Å². The van der Waals surface area contributed by atoms with Crippen molar-refractivity contribution in [3.63, 3.8) is 0 Å². The SMILES string of the molecule is CC(C)C(=O)N1CC[C@@H](NC(=O)[C@H](C#N)c2nc3ccccc3s2)C1. The van der Waals surface area contributed by atoms with Gasteiger partial charge in [0.2, 0.25) is 11.8 Å². The first-order chi connectivity index (χ1) is 12.0. The van der Waals surface area contributed by atoms with Crippen molar-refractivity contribution in [1.29, 1.82) is 5.26 Å². The molecule has 0 radical (unpaired) electrons. The van der Waals surface area contributed by atoms with E-state index in [-0.39, 0.29) is 23.8 Å². The first kappa shape index (κ1) is 17.4. The van der Waals surface area contributed by atoms with Crippen molar-refractivity contribution in [2.24, 2.45) is 5.92 Å². The highest BCUT2D eigenvalue weighted by molar-refractivity contribution is 7.18. The second-order valence-electron chi connectivity index (χ2n) is 6.52. The number of nitriles is 1. The maximum Gasteiger partial charge on any atom is 0.244 e. The van der Waals surface area contributed by atoms with E-state index in [4.69, 9.17) is 0 Å². The molecule has 0 spiro atoms. The number of aromatic nitrogens is 1. The number of hydrogen-bond donors (Lipinski definition) is 1. The van der Waals surface area contributed by atoms with Gasteiger partial charge in [-0.1, -0.05) is 26.0 Å². The second kappa shape index (κ2) is 7.19. The van der Waals surface area contributed by atoms with Gasteiger partial charge >= 0.3 is 0 Å². The molecule has 0 saturated carbocycles. The molecule has 130 valence electrons. The first-order valence-corrected chi connectivity index (χ1v) is 9.15. The highest BCUT2D eigenvalue weighted by Gasteiger charge is 2.31. The molecule has 1 aromatic carbocycles. The van der Waals surface area contributed by atoms with Crippen molar-refractivity contribution < 1.29 is 9.59 Å². The van der Waals surface area contributed by atoms with Crippen LogP contribution in [0.25, 0.3) is 10.2 Å². The third-order valence-electron chi connectivity index (χ3n) is 4.29. The molecule has 1 fully saturated rings. The number of likely N-dealkylation sites (tertiary alicyclic amines) is 1. The molecule has 2 amide bonds. The van der Waals surface area contributed by atoms with Crippen molar-refractivity contribution in [3.05, 3.63) is 29.3 Å². The number of rotatable bonds is 4. The van der Waals surface area contributed by atoms with Gasteiger partial charge in [-0.25, -0.2) is 4.98 Å². The van der Waals surface area contributed by atoms with Gasteiger partial charge in [-0.15, -0.1) is 11.3 Å². The third kappa shape index (κ3) is 3.64. The minimum atomic E-state index is -0.924. The first-order valence-electron chi connectivity index (χ1n) is 8.34. The van der Waals surface area contributed by atoms with Gasteiger partial charge in [0.15, 0.2) is 5.92 Å². The molecule has 0 unspecified atom stereocenters. The van der Waals surface area contributed by atoms with E-state index < -0.39 is 5.92 Å². The van der Waals surface area contributed by atoms with Crippen LogP contribution < -0.4 is 5.32 Å². The Hall–Kier alpha value is -2.46. The fourth-order valence-corrected chi connectivity index (χ4v) is 3.98. The van der Waals surface area contributed by atoms with Gasteiger partial charge in [0.1, 0.15) is 5.01 Å². The number of amides is 2. The largest absolute Gasteiger partial charge is 0.350 e. The number of hydrogen-bond acceptors (Lipinski definition) is 5. The summed E-state index contributed by atoms with van der Waals surface area (Å²) in [6, 6.07) is 9.53. The Morgan fingerprint density at radius 2 is 2.16 bits per heavy atom. The Morgan fingerprint density at radius 1 is 1.40 bits per heavy atom. The maximum atomic E-state index is 12.5. The number of nitrogens with zero attached hydrogens (tertiary/aromatic N) is 3. The predicted molar refractivity (Wildman–Crippen MR) is 95.9 cm³/mol. The van der Waals surface area contributed by atoms with Crippen LogP contribution in [0.5, 0.6) is 0 Å². The summed E-state index contributed by atoms with van der Waals surface area (Å²) in [5.41, 5.74) is 0.796. The summed E-state index contributed by atoms with van der Waals surface area (Å²) in [7, 11) is 0. The van der Waals surface area contributed by atoms with E-state index in [0.717, 1.165) is 10.2 Å². The zero-order chi connectivity index (χ0) is 18.0. The minimum Gasteiger partial charge on any atom is -0.350 e. The molecule has 0 bridgehead atoms. The Morgan fingerprint density at radius 3 is 2.84 bits per heavy atom. The van der Waals surface area contributed by atoms with E-state index >= 15 is 0 Å². The van der Waals surface area contributed by atoms with Crippen LogP contribution >= 0.6 is 11.3 Å². The number of thiazole rings is 1. The number of carbonyl (C=O) groups is 2. The van der Waals surface area contributed by atoms with Gasteiger partial charge in [0, 0.05) is 25.0 Å². The van der Waals surface area contributed by atoms with Crippen LogP contribution in [-0.4, -0.2) is 40.8 Å². The van der Waals surface area contributed by atoms with Crippen molar-refractivity contribution in [3.8, 4) is 6.07 Å². The van der Waals surface area contributed by atoms with Gasteiger partial charge in [-0.2, -0.15) is 5.26 Å². The zero-order valence-electron chi connectivity index (χ0n) is 14.2. The second-order valence-corrected chi connectivity index (χ2v) is 7.58. The lowest BCUT2D eigenvalue weighted by Gasteiger charge is -2.19. The van der Waals surface area contributed by atoms with E-state index in [1.807, 2.05) is 38.1 Å². The number of carbonyl (C=O) groups excluding carboxylic acids is 2. The summed E-state index contributed by atoms with van der Waals surface area (Å²) in [5, 5.41) is 12.9. The van der Waals surface area contributed by atoms with Crippen LogP contribution in [0.2, 0.25) is 0 Å². The van der Waals surface area contributed by atoms with E-state index in [0.29, 0.717) is 24.5 Å². The lowest BCUT2D eigenvalue weighted by molar-refractivity contribution is -0.133. The molecule has 1 aromatic heterocycles. The highest BCUT2D eigenvalue weighted by Crippen LogP contribution is 2.27. The molecule has 2 heterocycles. The van der Waals surface area contributed by atoms with Crippen molar-refractivity contribution >= 4 is 33.4 Å². The van der Waals surface area contributed by atoms with Gasteiger partial charge in [0.25, 0.3) is 0 Å². The summed E-state index contributed by atoms with van der Waals surface area (Å²) < 4.78 is 0.958. The van der Waals surface area contributed by atoms with Crippen LogP contribution in [-0.2, 0) is 9.59 Å². The topological polar surface area (TPSA) is 86.1 Å². The molecule has 1 saturated heterocycles. The molecule has 2 aromatic rings. The van der Waals surface area contributed by atoms with E-state index in [1.165, 1.54) is 11.3 Å². The Kier molecular flexibility index (Phi) is 5.00. The molecule has 1 N–H and O–H groups in total. The highest BCUT2D eigenvalue weighted by atomic mass is 32.1. The fourth-order valence-electron chi connectivity index (χ4n) is 2.97. The molecular formula is C18H20N4O2S. The zero-order valence-corrected chi connectivity index (χ0v) is 15.0. The average molecular weight is 356 g/mol. The van der Waals surface area contributed by atoms with Crippen LogP contribution in [0.1, 0.15) is 31.2 Å². The van der Waals surface area contributed by atoms with Crippen molar-refractivity contribution in [2.75, 3.05) is 13.1 Å². The van der Waals surface area contributed by atoms with Crippen molar-refractivity contribution in [1.82, 2.24) is 15.2 Å². The van der Waals surface area contributed by atoms with Crippen LogP contribution in [0.15, 0.2) is 24.3 Å². The number of benzene rings is 1. The minimum absolute atomic E-state index is 0.0518. The Bertz CT molecular complexity index is 806. The molecule has 6 nitrogen and oxygen atoms in total. The summed E-state index contributed by atoms with van der Waals surface area (Å²) in [6.07, 6.45) is 0.711. The number of fused-ring (bicyclic) bond motifs is 1. The number of para-hydroxylation sites is 1. The molecule has 25 heavy (non-hydrogen) atoms. The van der Waals surface area contributed by atoms with E-state index in [2.05, 4.69) is 16.4 Å². The molecular weight excluding hydrogens is 336 g/mol. The average Bonchev–Trinajstić information content (AvgIpc) is 3.21. The summed E-state index contributed by atoms with van der Waals surface area (Å²) in [5.74, 6) is -1.22. The third-order valence-corrected chi connectivity index (χ3v) is 5.39. The Balaban J connectivity index is 1.67. The molecule has 1 aliphatic heterocycles. The quantitative estimate of drug-likeness (QED) is 0.910. The lowest BCUT2D eigenvalue weighted by Crippen LogP contribution is -2.41. The molecule has 7 heteroatoms. The molecule has 3 rings (SSSR count). The van der Waals surface area contributed by atoms with Crippen LogP contribution in [0, 0.1) is 17.2 Å². The Labute approximate surface area is 150 Å². The van der Waals surface area contributed by atoms with E-state index in [9.17, 15) is 14.9 Å². The van der Waals surface area contributed by atoms with Gasteiger partial charge in [-0.05, 0) is 18.6 Å². The predicted octanol–water partition coefficient (Wildman–Crippen LogP) is 2.28. The lowest BCUT2D eigenvalue weighted by atomic mass is 10.1. The summed E-state index contributed by atoms with van der Waals surface area (Å²) in [4.78, 5) is 30.8.